The number of amides is 1. The van der Waals surface area contributed by atoms with Gasteiger partial charge < -0.3 is 21.5 Å². The first-order valence-corrected chi connectivity index (χ1v) is 7.11. The van der Waals surface area contributed by atoms with Crippen molar-refractivity contribution >= 4 is 29.1 Å². The molecule has 0 unspecified atom stereocenters. The molecule has 0 spiro atoms. The average Bonchev–Trinajstić information content (AvgIpc) is 2.37. The van der Waals surface area contributed by atoms with E-state index in [1.54, 1.807) is 26.1 Å². The molecule has 0 aliphatic heterocycles. The van der Waals surface area contributed by atoms with Crippen molar-refractivity contribution in [3.8, 4) is 0 Å². The van der Waals surface area contributed by atoms with Crippen LogP contribution in [-0.4, -0.2) is 29.7 Å². The Hall–Kier alpha value is -1.43. The Labute approximate surface area is 134 Å². The number of benzene rings is 1. The smallest absolute Gasteiger partial charge is 0.252 e. The van der Waals surface area contributed by atoms with Gasteiger partial charge in [0.2, 0.25) is 0 Å². The minimum absolute atomic E-state index is 0.00240. The second kappa shape index (κ2) is 7.54. The Bertz CT molecular complexity index is 525. The Morgan fingerprint density at radius 2 is 1.90 bits per heavy atom. The van der Waals surface area contributed by atoms with Crippen molar-refractivity contribution in [1.82, 2.24) is 10.6 Å². The second-order valence-corrected chi connectivity index (χ2v) is 5.89. The molecule has 1 rings (SSSR count). The molecule has 5 N–H and O–H groups in total. The molecule has 0 fully saturated rings. The molecule has 0 aliphatic carbocycles. The molecule has 1 aromatic rings. The van der Waals surface area contributed by atoms with Crippen molar-refractivity contribution in [2.45, 2.75) is 19.4 Å². The van der Waals surface area contributed by atoms with E-state index in [2.05, 4.69) is 10.6 Å². The predicted octanol–water partition coefficient (Wildman–Crippen LogP) is 1.88. The number of hydrogen-bond donors (Lipinski definition) is 4. The van der Waals surface area contributed by atoms with Crippen molar-refractivity contribution in [2.75, 3.05) is 13.2 Å². The van der Waals surface area contributed by atoms with Crippen LogP contribution in [0.25, 0.3) is 0 Å². The number of aliphatic hydroxyl groups excluding tert-OH is 1. The first-order valence-electron chi connectivity index (χ1n) is 6.35. The van der Waals surface area contributed by atoms with Gasteiger partial charge in [0, 0.05) is 34.1 Å². The number of carbonyl (C=O) groups excluding carboxylic acids is 1. The first-order chi connectivity index (χ1) is 9.76. The molecule has 1 amide bonds. The summed E-state index contributed by atoms with van der Waals surface area (Å²) in [6, 6.07) is 4.61. The van der Waals surface area contributed by atoms with Crippen molar-refractivity contribution in [3.05, 3.63) is 45.7 Å². The highest BCUT2D eigenvalue weighted by atomic mass is 35.5. The average molecular weight is 332 g/mol. The zero-order valence-corrected chi connectivity index (χ0v) is 13.4. The summed E-state index contributed by atoms with van der Waals surface area (Å²) in [5.41, 5.74) is 5.95. The van der Waals surface area contributed by atoms with Crippen LogP contribution in [0.1, 0.15) is 24.2 Å². The Morgan fingerprint density at radius 3 is 2.43 bits per heavy atom. The largest absolute Gasteiger partial charge is 0.399 e. The van der Waals surface area contributed by atoms with Crippen LogP contribution in [0, 0.1) is 0 Å². The van der Waals surface area contributed by atoms with Gasteiger partial charge in [0.1, 0.15) is 0 Å². The van der Waals surface area contributed by atoms with E-state index in [1.807, 2.05) is 0 Å². The van der Waals surface area contributed by atoms with Gasteiger partial charge in [-0.05, 0) is 32.0 Å². The summed E-state index contributed by atoms with van der Waals surface area (Å²) in [6.45, 7) is 3.92. The summed E-state index contributed by atoms with van der Waals surface area (Å²) in [5.74, 6) is -0.331. The lowest BCUT2D eigenvalue weighted by molar-refractivity contribution is 0.0923. The van der Waals surface area contributed by atoms with E-state index < -0.39 is 5.54 Å². The first kappa shape index (κ1) is 17.6. The van der Waals surface area contributed by atoms with E-state index in [1.165, 1.54) is 12.1 Å². The number of aliphatic hydroxyl groups is 1. The SMILES string of the molecule is CC(C)(NC(=O)c1cc(Cl)cc(Cl)c1)/C(N)=C/NCCO. The fourth-order valence-electron chi connectivity index (χ4n) is 1.54. The monoisotopic (exact) mass is 331 g/mol. The highest BCUT2D eigenvalue weighted by molar-refractivity contribution is 6.35. The van der Waals surface area contributed by atoms with E-state index in [0.29, 0.717) is 27.9 Å². The van der Waals surface area contributed by atoms with Gasteiger partial charge >= 0.3 is 0 Å². The molecule has 0 aromatic heterocycles. The van der Waals surface area contributed by atoms with Crippen LogP contribution < -0.4 is 16.4 Å². The lowest BCUT2D eigenvalue weighted by Crippen LogP contribution is -2.47. The number of rotatable bonds is 6. The number of nitrogens with one attached hydrogen (secondary N) is 2. The summed E-state index contributed by atoms with van der Waals surface area (Å²) in [5, 5.41) is 15.1. The maximum atomic E-state index is 12.2. The minimum Gasteiger partial charge on any atom is -0.399 e. The molecule has 21 heavy (non-hydrogen) atoms. The third kappa shape index (κ3) is 5.46. The van der Waals surface area contributed by atoms with Gasteiger partial charge in [-0.15, -0.1) is 0 Å². The molecule has 0 heterocycles. The van der Waals surface area contributed by atoms with Gasteiger partial charge in [-0.2, -0.15) is 0 Å². The molecule has 0 radical (unpaired) electrons. The van der Waals surface area contributed by atoms with Crippen molar-refractivity contribution in [1.29, 1.82) is 0 Å². The molecular weight excluding hydrogens is 313 g/mol. The number of carbonyl (C=O) groups is 1. The fraction of sp³-hybridized carbons (Fsp3) is 0.357. The van der Waals surface area contributed by atoms with E-state index in [0.717, 1.165) is 0 Å². The van der Waals surface area contributed by atoms with Gasteiger partial charge in [-0.1, -0.05) is 23.2 Å². The van der Waals surface area contributed by atoms with Crippen LogP contribution in [0.15, 0.2) is 30.1 Å². The summed E-state index contributed by atoms with van der Waals surface area (Å²) in [6.07, 6.45) is 1.56. The third-order valence-electron chi connectivity index (χ3n) is 2.79. The zero-order valence-electron chi connectivity index (χ0n) is 11.9. The van der Waals surface area contributed by atoms with Gasteiger partial charge in [0.15, 0.2) is 0 Å². The minimum atomic E-state index is -0.770. The lowest BCUT2D eigenvalue weighted by atomic mass is 10.0. The fourth-order valence-corrected chi connectivity index (χ4v) is 2.07. The molecule has 7 heteroatoms. The maximum Gasteiger partial charge on any atom is 0.252 e. The summed E-state index contributed by atoms with van der Waals surface area (Å²) < 4.78 is 0. The molecule has 0 atom stereocenters. The summed E-state index contributed by atoms with van der Waals surface area (Å²) in [7, 11) is 0. The van der Waals surface area contributed by atoms with Crippen LogP contribution in [0.5, 0.6) is 0 Å². The Morgan fingerprint density at radius 1 is 1.33 bits per heavy atom. The number of hydrogen-bond acceptors (Lipinski definition) is 4. The Balaban J connectivity index is 2.82. The van der Waals surface area contributed by atoms with Gasteiger partial charge in [-0.3, -0.25) is 4.79 Å². The third-order valence-corrected chi connectivity index (χ3v) is 3.22. The maximum absolute atomic E-state index is 12.2. The van der Waals surface area contributed by atoms with Gasteiger partial charge in [0.05, 0.1) is 12.1 Å². The molecule has 5 nitrogen and oxygen atoms in total. The van der Waals surface area contributed by atoms with Crippen LogP contribution in [0.2, 0.25) is 10.0 Å². The van der Waals surface area contributed by atoms with Crippen molar-refractivity contribution in [3.63, 3.8) is 0 Å². The van der Waals surface area contributed by atoms with Crippen molar-refractivity contribution in [2.24, 2.45) is 5.73 Å². The van der Waals surface area contributed by atoms with Crippen LogP contribution in [-0.2, 0) is 0 Å². The predicted molar refractivity (Wildman–Crippen MR) is 85.4 cm³/mol. The normalized spacial score (nSPS) is 12.1. The molecule has 0 aliphatic rings. The molecule has 1 aromatic carbocycles. The van der Waals surface area contributed by atoms with Crippen LogP contribution in [0.4, 0.5) is 0 Å². The van der Waals surface area contributed by atoms with E-state index in [9.17, 15) is 4.79 Å². The zero-order chi connectivity index (χ0) is 16.0. The van der Waals surface area contributed by atoms with Gasteiger partial charge in [0.25, 0.3) is 5.91 Å². The molecule has 0 saturated heterocycles. The quantitative estimate of drug-likeness (QED) is 0.599. The van der Waals surface area contributed by atoms with E-state index in [-0.39, 0.29) is 12.5 Å². The molecular formula is C14H19Cl2N3O2. The topological polar surface area (TPSA) is 87.4 Å². The summed E-state index contributed by atoms with van der Waals surface area (Å²) >= 11 is 11.8. The highest BCUT2D eigenvalue weighted by Gasteiger charge is 2.24. The molecule has 0 bridgehead atoms. The van der Waals surface area contributed by atoms with Crippen LogP contribution in [0.3, 0.4) is 0 Å². The highest BCUT2D eigenvalue weighted by Crippen LogP contribution is 2.20. The van der Waals surface area contributed by atoms with Crippen LogP contribution >= 0.6 is 23.2 Å². The van der Waals surface area contributed by atoms with E-state index in [4.69, 9.17) is 34.0 Å². The standard InChI is InChI=1S/C14H19Cl2N3O2/c1-14(2,12(17)8-18-3-4-20)19-13(21)9-5-10(15)7-11(16)6-9/h5-8,18,20H,3-4,17H2,1-2H3,(H,19,21)/b12-8-. The number of nitrogens with two attached hydrogens (primary N) is 1. The van der Waals surface area contributed by atoms with Crippen molar-refractivity contribution < 1.29 is 9.90 Å². The lowest BCUT2D eigenvalue weighted by Gasteiger charge is -2.27. The number of halogens is 2. The summed E-state index contributed by atoms with van der Waals surface area (Å²) in [4.78, 5) is 12.2. The Kier molecular flexibility index (Phi) is 6.33. The molecule has 0 saturated carbocycles. The second-order valence-electron chi connectivity index (χ2n) is 5.01. The molecule has 116 valence electrons. The van der Waals surface area contributed by atoms with E-state index >= 15 is 0 Å². The van der Waals surface area contributed by atoms with Gasteiger partial charge in [-0.25, -0.2) is 0 Å².